The van der Waals surface area contributed by atoms with E-state index in [-0.39, 0.29) is 6.61 Å². The summed E-state index contributed by atoms with van der Waals surface area (Å²) in [6.45, 7) is 1.51. The molecule has 0 spiro atoms. The molecule has 1 heterocycles. The summed E-state index contributed by atoms with van der Waals surface area (Å²) >= 11 is 0. The lowest BCUT2D eigenvalue weighted by atomic mass is 10.1. The van der Waals surface area contributed by atoms with Crippen molar-refractivity contribution in [1.29, 1.82) is 0 Å². The molecule has 0 radical (unpaired) electrons. The van der Waals surface area contributed by atoms with E-state index in [1.54, 1.807) is 4.90 Å². The van der Waals surface area contributed by atoms with Gasteiger partial charge in [-0.2, -0.15) is 0 Å². The summed E-state index contributed by atoms with van der Waals surface area (Å²) in [6.07, 6.45) is 1.97. The molecule has 0 saturated carbocycles. The van der Waals surface area contributed by atoms with Crippen LogP contribution in [0.3, 0.4) is 0 Å². The molecule has 1 aliphatic rings. The van der Waals surface area contributed by atoms with Gasteiger partial charge in [-0.3, -0.25) is 0 Å². The molecule has 142 valence electrons. The van der Waals surface area contributed by atoms with Crippen LogP contribution in [0.4, 0.5) is 4.79 Å². The number of carbonyl (C=O) groups is 2. The van der Waals surface area contributed by atoms with Crippen molar-refractivity contribution in [3.8, 4) is 0 Å². The van der Waals surface area contributed by atoms with Gasteiger partial charge in [-0.25, -0.2) is 9.59 Å². The maximum Gasteiger partial charge on any atom is 0.410 e. The average molecular weight is 367 g/mol. The molecule has 0 N–H and O–H groups in total. The van der Waals surface area contributed by atoms with Crippen molar-refractivity contribution in [2.24, 2.45) is 0 Å². The monoisotopic (exact) mass is 367 g/mol. The molecular weight excluding hydrogens is 342 g/mol. The van der Waals surface area contributed by atoms with Crippen molar-refractivity contribution in [1.82, 2.24) is 4.90 Å². The van der Waals surface area contributed by atoms with Crippen LogP contribution >= 0.6 is 0 Å². The number of carbonyl (C=O) groups excluding carboxylic acids is 2. The maximum atomic E-state index is 12.6. The summed E-state index contributed by atoms with van der Waals surface area (Å²) in [7, 11) is 0. The molecule has 27 heavy (non-hydrogen) atoms. The van der Waals surface area contributed by atoms with Gasteiger partial charge in [0.05, 0.1) is 0 Å². The number of amides is 1. The highest BCUT2D eigenvalue weighted by Crippen LogP contribution is 2.14. The quantitative estimate of drug-likeness (QED) is 0.725. The van der Waals surface area contributed by atoms with Gasteiger partial charge in [0.1, 0.15) is 6.61 Å². The maximum absolute atomic E-state index is 12.6. The van der Waals surface area contributed by atoms with Gasteiger partial charge in [-0.1, -0.05) is 60.7 Å². The molecule has 3 rings (SSSR count). The number of hydrogen-bond donors (Lipinski definition) is 0. The Morgan fingerprint density at radius 1 is 0.852 bits per heavy atom. The molecular formula is C22H25NO4. The Morgan fingerprint density at radius 2 is 1.44 bits per heavy atom. The molecule has 1 unspecified atom stereocenters. The van der Waals surface area contributed by atoms with Gasteiger partial charge in [0.25, 0.3) is 0 Å². The van der Waals surface area contributed by atoms with Crippen LogP contribution in [-0.2, 0) is 27.3 Å². The van der Waals surface area contributed by atoms with Crippen LogP contribution < -0.4 is 0 Å². The van der Waals surface area contributed by atoms with E-state index in [4.69, 9.17) is 9.47 Å². The highest BCUT2D eigenvalue weighted by molar-refractivity contribution is 5.79. The average Bonchev–Trinajstić information content (AvgIpc) is 2.73. The van der Waals surface area contributed by atoms with Crippen molar-refractivity contribution < 1.29 is 19.1 Å². The van der Waals surface area contributed by atoms with Crippen LogP contribution in [-0.4, -0.2) is 36.2 Å². The minimum absolute atomic E-state index is 0.159. The number of likely N-dealkylation sites (tertiary alicyclic amines) is 1. The number of rotatable bonds is 6. The number of ether oxygens (including phenoxy) is 2. The second-order valence-electron chi connectivity index (χ2n) is 6.70. The molecule has 0 bridgehead atoms. The smallest absolute Gasteiger partial charge is 0.410 e. The third-order valence-electron chi connectivity index (χ3n) is 4.61. The first-order valence-electron chi connectivity index (χ1n) is 9.42. The van der Waals surface area contributed by atoms with E-state index in [1.807, 2.05) is 60.7 Å². The lowest BCUT2D eigenvalue weighted by Gasteiger charge is -2.27. The predicted molar refractivity (Wildman–Crippen MR) is 102 cm³/mol. The predicted octanol–water partition coefficient (Wildman–Crippen LogP) is 3.96. The van der Waals surface area contributed by atoms with E-state index in [0.717, 1.165) is 30.4 Å². The zero-order chi connectivity index (χ0) is 18.9. The van der Waals surface area contributed by atoms with Gasteiger partial charge in [0, 0.05) is 19.5 Å². The lowest BCUT2D eigenvalue weighted by molar-refractivity contribution is -0.155. The Hall–Kier alpha value is -2.82. The summed E-state index contributed by atoms with van der Waals surface area (Å²) in [6, 6.07) is 19.0. The van der Waals surface area contributed by atoms with E-state index >= 15 is 0 Å². The molecule has 1 saturated heterocycles. The van der Waals surface area contributed by atoms with Crippen LogP contribution in [0.1, 0.15) is 30.4 Å². The van der Waals surface area contributed by atoms with E-state index in [1.165, 1.54) is 0 Å². The Labute approximate surface area is 159 Å². The van der Waals surface area contributed by atoms with Crippen molar-refractivity contribution in [3.05, 3.63) is 71.8 Å². The number of nitrogens with zero attached hydrogens (tertiary/aromatic N) is 1. The summed E-state index contributed by atoms with van der Waals surface area (Å²) in [5.41, 5.74) is 1.82. The molecule has 1 amide bonds. The molecule has 1 fully saturated rings. The molecule has 5 heteroatoms. The van der Waals surface area contributed by atoms with Crippen LogP contribution in [0.5, 0.6) is 0 Å². The second-order valence-corrected chi connectivity index (χ2v) is 6.70. The summed E-state index contributed by atoms with van der Waals surface area (Å²) in [5.74, 6) is -0.520. The fourth-order valence-electron chi connectivity index (χ4n) is 3.10. The molecule has 5 nitrogen and oxygen atoms in total. The van der Waals surface area contributed by atoms with Crippen molar-refractivity contribution in [2.45, 2.75) is 38.4 Å². The molecule has 0 aromatic heterocycles. The second kappa shape index (κ2) is 9.76. The largest absolute Gasteiger partial charge is 0.458 e. The minimum Gasteiger partial charge on any atom is -0.458 e. The Morgan fingerprint density at radius 3 is 2.07 bits per heavy atom. The molecule has 1 atom stereocenters. The van der Waals surface area contributed by atoms with Crippen molar-refractivity contribution >= 4 is 12.1 Å². The zero-order valence-corrected chi connectivity index (χ0v) is 15.4. The highest BCUT2D eigenvalue weighted by atomic mass is 16.6. The van der Waals surface area contributed by atoms with Gasteiger partial charge in [-0.15, -0.1) is 0 Å². The standard InChI is InChI=1S/C22H25NO4/c24-21(26-17-19-12-6-2-7-13-19)20(16-18-10-4-1-5-11-18)27-22(25)23-14-8-3-9-15-23/h1-2,4-7,10-13,20H,3,8-9,14-17H2. The number of piperidine rings is 1. The SMILES string of the molecule is O=C(OCc1ccccc1)C(Cc1ccccc1)OC(=O)N1CCCCC1. The number of esters is 1. The molecule has 1 aliphatic heterocycles. The fourth-order valence-corrected chi connectivity index (χ4v) is 3.10. The van der Waals surface area contributed by atoms with Crippen LogP contribution in [0.15, 0.2) is 60.7 Å². The van der Waals surface area contributed by atoms with Gasteiger partial charge in [-0.05, 0) is 30.4 Å². The topological polar surface area (TPSA) is 55.8 Å². The van der Waals surface area contributed by atoms with Crippen LogP contribution in [0.25, 0.3) is 0 Å². The van der Waals surface area contributed by atoms with Crippen molar-refractivity contribution in [2.75, 3.05) is 13.1 Å². The van der Waals surface area contributed by atoms with E-state index in [0.29, 0.717) is 19.5 Å². The summed E-state index contributed by atoms with van der Waals surface area (Å²) < 4.78 is 11.0. The Balaban J connectivity index is 1.64. The third kappa shape index (κ3) is 5.84. The van der Waals surface area contributed by atoms with Gasteiger partial charge in [0.15, 0.2) is 0 Å². The highest BCUT2D eigenvalue weighted by Gasteiger charge is 2.28. The van der Waals surface area contributed by atoms with E-state index in [2.05, 4.69) is 0 Å². The lowest BCUT2D eigenvalue weighted by Crippen LogP contribution is -2.41. The van der Waals surface area contributed by atoms with Crippen molar-refractivity contribution in [3.63, 3.8) is 0 Å². The fraction of sp³-hybridized carbons (Fsp3) is 0.364. The third-order valence-corrected chi connectivity index (χ3v) is 4.61. The Bertz CT molecular complexity index is 726. The molecule has 2 aromatic rings. The summed E-state index contributed by atoms with van der Waals surface area (Å²) in [5, 5.41) is 0. The first-order chi connectivity index (χ1) is 13.2. The summed E-state index contributed by atoms with van der Waals surface area (Å²) in [4.78, 5) is 26.8. The van der Waals surface area contributed by atoms with Crippen LogP contribution in [0, 0.1) is 0 Å². The first kappa shape index (κ1) is 19.0. The van der Waals surface area contributed by atoms with Gasteiger partial charge in [0.2, 0.25) is 6.10 Å². The zero-order valence-electron chi connectivity index (χ0n) is 15.4. The molecule has 2 aromatic carbocycles. The first-order valence-corrected chi connectivity index (χ1v) is 9.42. The normalized spacial score (nSPS) is 15.0. The minimum atomic E-state index is -0.953. The number of benzene rings is 2. The Kier molecular flexibility index (Phi) is 6.85. The van der Waals surface area contributed by atoms with Gasteiger partial charge < -0.3 is 14.4 Å². The van der Waals surface area contributed by atoms with E-state index < -0.39 is 18.2 Å². The van der Waals surface area contributed by atoms with E-state index in [9.17, 15) is 9.59 Å². The van der Waals surface area contributed by atoms with Gasteiger partial charge >= 0.3 is 12.1 Å². The number of hydrogen-bond acceptors (Lipinski definition) is 4. The van der Waals surface area contributed by atoms with Crippen LogP contribution in [0.2, 0.25) is 0 Å². The molecule has 0 aliphatic carbocycles.